The fourth-order valence-corrected chi connectivity index (χ4v) is 3.85. The van der Waals surface area contributed by atoms with Gasteiger partial charge in [-0.3, -0.25) is 9.59 Å². The van der Waals surface area contributed by atoms with Gasteiger partial charge >= 0.3 is 0 Å². The molecular weight excluding hydrogens is 330 g/mol. The van der Waals surface area contributed by atoms with Crippen LogP contribution in [0.25, 0.3) is 0 Å². The quantitative estimate of drug-likeness (QED) is 0.781. The molecule has 6 nitrogen and oxygen atoms in total. The molecule has 0 spiro atoms. The minimum atomic E-state index is -0.0540. The van der Waals surface area contributed by atoms with Gasteiger partial charge in [0.15, 0.2) is 0 Å². The van der Waals surface area contributed by atoms with E-state index < -0.39 is 0 Å². The first-order valence-corrected chi connectivity index (χ1v) is 9.55. The van der Waals surface area contributed by atoms with Crippen molar-refractivity contribution in [2.45, 2.75) is 38.6 Å². The van der Waals surface area contributed by atoms with Gasteiger partial charge in [0.1, 0.15) is 12.3 Å². The summed E-state index contributed by atoms with van der Waals surface area (Å²) >= 11 is 0. The van der Waals surface area contributed by atoms with Crippen LogP contribution in [0.1, 0.15) is 32.6 Å². The number of hydrogen-bond donors (Lipinski definition) is 0. The number of hydrogen-bond acceptors (Lipinski definition) is 4. The predicted octanol–water partition coefficient (Wildman–Crippen LogP) is 2.13. The minimum absolute atomic E-state index is 0.0540. The van der Waals surface area contributed by atoms with E-state index in [4.69, 9.17) is 4.74 Å². The van der Waals surface area contributed by atoms with Crippen LogP contribution in [-0.2, 0) is 9.59 Å². The van der Waals surface area contributed by atoms with E-state index in [9.17, 15) is 9.59 Å². The molecule has 0 N–H and O–H groups in total. The molecule has 2 saturated heterocycles. The number of carbonyl (C=O) groups excluding carboxylic acids is 2. The highest BCUT2D eigenvalue weighted by atomic mass is 16.5. The summed E-state index contributed by atoms with van der Waals surface area (Å²) in [5, 5.41) is 0. The zero-order valence-corrected chi connectivity index (χ0v) is 15.8. The van der Waals surface area contributed by atoms with Crippen LogP contribution in [0.4, 0.5) is 5.69 Å². The van der Waals surface area contributed by atoms with Gasteiger partial charge in [0.2, 0.25) is 11.8 Å². The number of rotatable bonds is 6. The first-order valence-electron chi connectivity index (χ1n) is 9.55. The Balaban J connectivity index is 1.53. The lowest BCUT2D eigenvalue weighted by molar-refractivity contribution is -0.137. The summed E-state index contributed by atoms with van der Waals surface area (Å²) in [7, 11) is 1.60. The monoisotopic (exact) mass is 359 g/mol. The van der Waals surface area contributed by atoms with Crippen molar-refractivity contribution in [3.05, 3.63) is 24.3 Å². The highest BCUT2D eigenvalue weighted by Gasteiger charge is 2.29. The van der Waals surface area contributed by atoms with Gasteiger partial charge in [-0.25, -0.2) is 0 Å². The van der Waals surface area contributed by atoms with E-state index in [2.05, 4.69) is 11.8 Å². The fraction of sp³-hybridized carbons (Fsp3) is 0.600. The van der Waals surface area contributed by atoms with Crippen molar-refractivity contribution in [1.29, 1.82) is 0 Å². The largest absolute Gasteiger partial charge is 0.495 e. The van der Waals surface area contributed by atoms with Crippen LogP contribution < -0.4 is 9.64 Å². The Morgan fingerprint density at radius 2 is 1.88 bits per heavy atom. The lowest BCUT2D eigenvalue weighted by Crippen LogP contribution is -2.52. The number of methoxy groups -OCH3 is 1. The van der Waals surface area contributed by atoms with Crippen molar-refractivity contribution in [1.82, 2.24) is 9.80 Å². The van der Waals surface area contributed by atoms with E-state index in [-0.39, 0.29) is 18.4 Å². The third-order valence-electron chi connectivity index (χ3n) is 5.49. The third kappa shape index (κ3) is 4.18. The summed E-state index contributed by atoms with van der Waals surface area (Å²) in [6.45, 7) is 5.71. The zero-order valence-electron chi connectivity index (χ0n) is 15.8. The number of nitrogens with zero attached hydrogens (tertiary/aromatic N) is 3. The molecule has 2 amide bonds. The van der Waals surface area contributed by atoms with Gasteiger partial charge in [0, 0.05) is 25.6 Å². The molecule has 0 unspecified atom stereocenters. The van der Waals surface area contributed by atoms with E-state index in [0.717, 1.165) is 25.2 Å². The van der Waals surface area contributed by atoms with Crippen LogP contribution in [0.5, 0.6) is 5.75 Å². The molecule has 1 atom stereocenters. The molecule has 2 fully saturated rings. The molecule has 0 aliphatic carbocycles. The Hall–Kier alpha value is -2.08. The molecule has 1 aromatic carbocycles. The Bertz CT molecular complexity index is 643. The number of likely N-dealkylation sites (tertiary alicyclic amines) is 1. The normalized spacial score (nSPS) is 19.7. The van der Waals surface area contributed by atoms with Crippen molar-refractivity contribution < 1.29 is 14.3 Å². The summed E-state index contributed by atoms with van der Waals surface area (Å²) < 4.78 is 5.36. The molecule has 142 valence electrons. The number of carbonyl (C=O) groups is 2. The molecule has 0 saturated carbocycles. The Kier molecular flexibility index (Phi) is 6.14. The minimum Gasteiger partial charge on any atom is -0.495 e. The summed E-state index contributed by atoms with van der Waals surface area (Å²) in [6.07, 6.45) is 3.90. The molecule has 26 heavy (non-hydrogen) atoms. The number of para-hydroxylation sites is 2. The SMILES string of the molecule is COc1ccccc1N1CCN(C(=O)CC[C@H](C)N2CCCC2)CC1=O. The van der Waals surface area contributed by atoms with E-state index >= 15 is 0 Å². The van der Waals surface area contributed by atoms with Crippen molar-refractivity contribution in [3.8, 4) is 5.75 Å². The summed E-state index contributed by atoms with van der Waals surface area (Å²) in [4.78, 5) is 31.0. The number of ether oxygens (including phenoxy) is 1. The second-order valence-corrected chi connectivity index (χ2v) is 7.16. The molecule has 6 heteroatoms. The number of anilines is 1. The summed E-state index contributed by atoms with van der Waals surface area (Å²) in [6, 6.07) is 7.94. The lowest BCUT2D eigenvalue weighted by Gasteiger charge is -2.35. The van der Waals surface area contributed by atoms with Gasteiger partial charge in [-0.05, 0) is 51.4 Å². The fourth-order valence-electron chi connectivity index (χ4n) is 3.85. The number of benzene rings is 1. The van der Waals surface area contributed by atoms with Crippen molar-refractivity contribution in [2.75, 3.05) is 44.7 Å². The average molecular weight is 359 g/mol. The maximum absolute atomic E-state index is 12.6. The predicted molar refractivity (Wildman–Crippen MR) is 101 cm³/mol. The molecule has 0 radical (unpaired) electrons. The topological polar surface area (TPSA) is 53.1 Å². The molecule has 0 aromatic heterocycles. The van der Waals surface area contributed by atoms with E-state index in [1.165, 1.54) is 12.8 Å². The average Bonchev–Trinajstić information content (AvgIpc) is 3.20. The maximum Gasteiger partial charge on any atom is 0.246 e. The third-order valence-corrected chi connectivity index (χ3v) is 5.49. The zero-order chi connectivity index (χ0) is 18.5. The number of piperazine rings is 1. The van der Waals surface area contributed by atoms with Gasteiger partial charge in [0.25, 0.3) is 0 Å². The molecule has 3 rings (SSSR count). The highest BCUT2D eigenvalue weighted by Crippen LogP contribution is 2.29. The highest BCUT2D eigenvalue weighted by molar-refractivity contribution is 5.99. The van der Waals surface area contributed by atoms with Gasteiger partial charge in [-0.15, -0.1) is 0 Å². The Morgan fingerprint density at radius 3 is 2.58 bits per heavy atom. The number of amides is 2. The second kappa shape index (κ2) is 8.54. The maximum atomic E-state index is 12.6. The lowest BCUT2D eigenvalue weighted by atomic mass is 10.1. The van der Waals surface area contributed by atoms with Crippen molar-refractivity contribution in [2.24, 2.45) is 0 Å². The molecule has 0 bridgehead atoms. The molecular formula is C20H29N3O3. The van der Waals surface area contributed by atoms with Crippen LogP contribution in [0.2, 0.25) is 0 Å². The van der Waals surface area contributed by atoms with Crippen LogP contribution in [0.3, 0.4) is 0 Å². The van der Waals surface area contributed by atoms with Gasteiger partial charge in [0.05, 0.1) is 12.8 Å². The summed E-state index contributed by atoms with van der Waals surface area (Å²) in [5.74, 6) is 0.714. The first kappa shape index (κ1) is 18.7. The Morgan fingerprint density at radius 1 is 1.15 bits per heavy atom. The molecule has 2 heterocycles. The standard InChI is InChI=1S/C20H29N3O3/c1-16(21-11-5-6-12-21)9-10-19(24)22-13-14-23(20(25)15-22)17-7-3-4-8-18(17)26-2/h3-4,7-8,16H,5-6,9-15H2,1-2H3/t16-/m0/s1. The van der Waals surface area contributed by atoms with E-state index in [0.29, 0.717) is 31.3 Å². The first-order chi connectivity index (χ1) is 12.6. The molecule has 2 aliphatic heterocycles. The second-order valence-electron chi connectivity index (χ2n) is 7.16. The smallest absolute Gasteiger partial charge is 0.246 e. The molecule has 2 aliphatic rings. The van der Waals surface area contributed by atoms with Gasteiger partial charge in [-0.2, -0.15) is 0 Å². The van der Waals surface area contributed by atoms with Crippen LogP contribution >= 0.6 is 0 Å². The van der Waals surface area contributed by atoms with E-state index in [1.54, 1.807) is 16.9 Å². The van der Waals surface area contributed by atoms with Crippen LogP contribution in [0, 0.1) is 0 Å². The van der Waals surface area contributed by atoms with Gasteiger partial charge < -0.3 is 19.4 Å². The van der Waals surface area contributed by atoms with Gasteiger partial charge in [-0.1, -0.05) is 12.1 Å². The Labute approximate surface area is 155 Å². The molecule has 1 aromatic rings. The van der Waals surface area contributed by atoms with E-state index in [1.807, 2.05) is 24.3 Å². The summed E-state index contributed by atoms with van der Waals surface area (Å²) in [5.41, 5.74) is 0.773. The van der Waals surface area contributed by atoms with Crippen LogP contribution in [0.15, 0.2) is 24.3 Å². The van der Waals surface area contributed by atoms with Crippen molar-refractivity contribution >= 4 is 17.5 Å². The van der Waals surface area contributed by atoms with Crippen LogP contribution in [-0.4, -0.2) is 67.5 Å². The van der Waals surface area contributed by atoms with Crippen molar-refractivity contribution in [3.63, 3.8) is 0 Å².